The van der Waals surface area contributed by atoms with Gasteiger partial charge in [0.15, 0.2) is 0 Å². The van der Waals surface area contributed by atoms with E-state index in [2.05, 4.69) is 9.47 Å². The molecule has 0 aromatic heterocycles. The molecule has 0 aliphatic rings. The van der Waals surface area contributed by atoms with Gasteiger partial charge in [0.1, 0.15) is 0 Å². The van der Waals surface area contributed by atoms with Crippen molar-refractivity contribution in [2.24, 2.45) is 0 Å². The van der Waals surface area contributed by atoms with E-state index in [4.69, 9.17) is 4.74 Å². The predicted molar refractivity (Wildman–Crippen MR) is 34.8 cm³/mol. The molecule has 0 saturated carbocycles. The number of hydrogen-bond acceptors (Lipinski definition) is 4. The van der Waals surface area contributed by atoms with E-state index >= 15 is 0 Å². The summed E-state index contributed by atoms with van der Waals surface area (Å²) >= 11 is 0. The van der Waals surface area contributed by atoms with Crippen molar-refractivity contribution in [1.29, 1.82) is 0 Å². The van der Waals surface area contributed by atoms with E-state index in [-0.39, 0.29) is 0 Å². The van der Waals surface area contributed by atoms with Gasteiger partial charge in [-0.15, -0.1) is 0 Å². The predicted octanol–water partition coefficient (Wildman–Crippen LogP) is 0.806. The molecule has 0 radical (unpaired) electrons. The Balaban J connectivity index is 2.96. The summed E-state index contributed by atoms with van der Waals surface area (Å²) in [5.41, 5.74) is 0. The molecule has 0 rings (SSSR count). The molecular formula is C6H12O4. The Kier molecular flexibility index (Phi) is 5.86. The number of hydrogen-bond donors (Lipinski definition) is 0. The monoisotopic (exact) mass is 148 g/mol. The van der Waals surface area contributed by atoms with Crippen LogP contribution in [0.1, 0.15) is 6.42 Å². The molecule has 4 nitrogen and oxygen atoms in total. The minimum Gasteiger partial charge on any atom is -0.438 e. The van der Waals surface area contributed by atoms with Crippen LogP contribution in [0.25, 0.3) is 0 Å². The highest BCUT2D eigenvalue weighted by Gasteiger charge is 1.97. The van der Waals surface area contributed by atoms with Crippen molar-refractivity contribution < 1.29 is 19.0 Å². The molecule has 4 heteroatoms. The van der Waals surface area contributed by atoms with Gasteiger partial charge in [0.25, 0.3) is 0 Å². The molecule has 0 N–H and O–H groups in total. The molecule has 0 saturated heterocycles. The zero-order valence-electron chi connectivity index (χ0n) is 6.25. The van der Waals surface area contributed by atoms with E-state index in [0.29, 0.717) is 19.6 Å². The quantitative estimate of drug-likeness (QED) is 0.437. The Hall–Kier alpha value is -0.770. The first-order chi connectivity index (χ1) is 4.81. The van der Waals surface area contributed by atoms with Gasteiger partial charge in [-0.1, -0.05) is 0 Å². The molecule has 10 heavy (non-hydrogen) atoms. The zero-order chi connectivity index (χ0) is 7.82. The number of methoxy groups -OCH3 is 2. The van der Waals surface area contributed by atoms with Crippen LogP contribution in [-0.4, -0.2) is 33.6 Å². The minimum atomic E-state index is -0.642. The summed E-state index contributed by atoms with van der Waals surface area (Å²) in [4.78, 5) is 10.3. The highest BCUT2D eigenvalue weighted by Crippen LogP contribution is 1.86. The van der Waals surface area contributed by atoms with Crippen molar-refractivity contribution >= 4 is 6.16 Å². The fraction of sp³-hybridized carbons (Fsp3) is 0.833. The second kappa shape index (κ2) is 6.35. The highest BCUT2D eigenvalue weighted by atomic mass is 16.7. The van der Waals surface area contributed by atoms with Crippen LogP contribution in [-0.2, 0) is 14.2 Å². The number of carbonyl (C=O) groups excluding carboxylic acids is 1. The second-order valence-electron chi connectivity index (χ2n) is 1.65. The smallest absolute Gasteiger partial charge is 0.438 e. The summed E-state index contributed by atoms with van der Waals surface area (Å²) in [6.07, 6.45) is 0.0575. The molecule has 0 amide bonds. The van der Waals surface area contributed by atoms with E-state index in [9.17, 15) is 4.79 Å². The summed E-state index contributed by atoms with van der Waals surface area (Å²) < 4.78 is 13.5. The fourth-order valence-electron chi connectivity index (χ4n) is 0.418. The van der Waals surface area contributed by atoms with E-state index < -0.39 is 6.16 Å². The zero-order valence-corrected chi connectivity index (χ0v) is 6.25. The molecule has 0 atom stereocenters. The normalized spacial score (nSPS) is 9.00. The molecule has 0 aliphatic heterocycles. The van der Waals surface area contributed by atoms with Gasteiger partial charge < -0.3 is 14.2 Å². The molecule has 0 unspecified atom stereocenters. The maximum atomic E-state index is 10.3. The average Bonchev–Trinajstić information content (AvgIpc) is 1.98. The van der Waals surface area contributed by atoms with Crippen molar-refractivity contribution in [3.8, 4) is 0 Å². The summed E-state index contributed by atoms with van der Waals surface area (Å²) in [5.74, 6) is 0. The molecule has 0 fully saturated rings. The van der Waals surface area contributed by atoms with Crippen LogP contribution in [0.3, 0.4) is 0 Å². The standard InChI is InChI=1S/C6H12O4/c1-8-4-3-5-10-6(7)9-2/h3-5H2,1-2H3. The average molecular weight is 148 g/mol. The van der Waals surface area contributed by atoms with Gasteiger partial charge in [-0.2, -0.15) is 0 Å². The molecule has 0 aliphatic carbocycles. The highest BCUT2D eigenvalue weighted by molar-refractivity contribution is 5.59. The summed E-state index contributed by atoms with van der Waals surface area (Å²) in [6.45, 7) is 0.942. The summed E-state index contributed by atoms with van der Waals surface area (Å²) in [7, 11) is 2.87. The lowest BCUT2D eigenvalue weighted by molar-refractivity contribution is 0.0646. The number of carbonyl (C=O) groups is 1. The van der Waals surface area contributed by atoms with Crippen LogP contribution in [0, 0.1) is 0 Å². The molecular weight excluding hydrogens is 136 g/mol. The molecule has 0 aromatic rings. The van der Waals surface area contributed by atoms with Crippen LogP contribution < -0.4 is 0 Å². The van der Waals surface area contributed by atoms with Crippen molar-refractivity contribution in [1.82, 2.24) is 0 Å². The minimum absolute atomic E-state index is 0.348. The van der Waals surface area contributed by atoms with Crippen LogP contribution >= 0.6 is 0 Å². The van der Waals surface area contributed by atoms with Crippen LogP contribution in [0.2, 0.25) is 0 Å². The van der Waals surface area contributed by atoms with Gasteiger partial charge in [0.05, 0.1) is 13.7 Å². The van der Waals surface area contributed by atoms with Crippen molar-refractivity contribution in [2.45, 2.75) is 6.42 Å². The summed E-state index contributed by atoms with van der Waals surface area (Å²) in [5, 5.41) is 0. The van der Waals surface area contributed by atoms with E-state index in [1.807, 2.05) is 0 Å². The topological polar surface area (TPSA) is 44.8 Å². The first-order valence-corrected chi connectivity index (χ1v) is 3.01. The van der Waals surface area contributed by atoms with Gasteiger partial charge in [-0.25, -0.2) is 4.79 Å². The Morgan fingerprint density at radius 3 is 2.50 bits per heavy atom. The lowest BCUT2D eigenvalue weighted by Gasteiger charge is -2.00. The second-order valence-corrected chi connectivity index (χ2v) is 1.65. The van der Waals surface area contributed by atoms with Crippen molar-refractivity contribution in [3.05, 3.63) is 0 Å². The van der Waals surface area contributed by atoms with Gasteiger partial charge in [0, 0.05) is 20.1 Å². The van der Waals surface area contributed by atoms with Gasteiger partial charge >= 0.3 is 6.16 Å². The number of ether oxygens (including phenoxy) is 3. The third kappa shape index (κ3) is 5.37. The van der Waals surface area contributed by atoms with Crippen LogP contribution in [0.4, 0.5) is 4.79 Å². The fourth-order valence-corrected chi connectivity index (χ4v) is 0.418. The van der Waals surface area contributed by atoms with Crippen molar-refractivity contribution in [2.75, 3.05) is 27.4 Å². The Morgan fingerprint density at radius 2 is 2.00 bits per heavy atom. The molecule has 0 aromatic carbocycles. The van der Waals surface area contributed by atoms with E-state index in [1.165, 1.54) is 7.11 Å². The molecule has 0 spiro atoms. The third-order valence-corrected chi connectivity index (χ3v) is 0.879. The lowest BCUT2D eigenvalue weighted by atomic mass is 10.5. The molecule has 60 valence electrons. The largest absolute Gasteiger partial charge is 0.507 e. The lowest BCUT2D eigenvalue weighted by Crippen LogP contribution is -2.06. The van der Waals surface area contributed by atoms with Gasteiger partial charge in [-0.05, 0) is 0 Å². The molecule has 0 heterocycles. The third-order valence-electron chi connectivity index (χ3n) is 0.879. The van der Waals surface area contributed by atoms with E-state index in [1.54, 1.807) is 7.11 Å². The first kappa shape index (κ1) is 9.23. The SMILES string of the molecule is COCCCOC(=O)OC. The maximum Gasteiger partial charge on any atom is 0.507 e. The molecule has 0 bridgehead atoms. The summed E-state index contributed by atoms with van der Waals surface area (Å²) in [6, 6.07) is 0. The van der Waals surface area contributed by atoms with Gasteiger partial charge in [0.2, 0.25) is 0 Å². The Labute approximate surface area is 60.1 Å². The Morgan fingerprint density at radius 1 is 1.30 bits per heavy atom. The number of rotatable bonds is 4. The van der Waals surface area contributed by atoms with Crippen LogP contribution in [0.5, 0.6) is 0 Å². The van der Waals surface area contributed by atoms with Gasteiger partial charge in [-0.3, -0.25) is 0 Å². The first-order valence-electron chi connectivity index (χ1n) is 3.01. The Bertz CT molecular complexity index is 91.7. The van der Waals surface area contributed by atoms with E-state index in [0.717, 1.165) is 0 Å². The van der Waals surface area contributed by atoms with Crippen LogP contribution in [0.15, 0.2) is 0 Å². The van der Waals surface area contributed by atoms with Crippen molar-refractivity contribution in [3.63, 3.8) is 0 Å². The maximum absolute atomic E-state index is 10.3.